The van der Waals surface area contributed by atoms with E-state index in [0.717, 1.165) is 42.4 Å². The van der Waals surface area contributed by atoms with Gasteiger partial charge in [-0.2, -0.15) is 0 Å². The van der Waals surface area contributed by atoms with E-state index < -0.39 is 0 Å². The van der Waals surface area contributed by atoms with Gasteiger partial charge < -0.3 is 15.5 Å². The van der Waals surface area contributed by atoms with Gasteiger partial charge in [0.25, 0.3) is 0 Å². The molecule has 0 aromatic carbocycles. The molecule has 3 radical (unpaired) electrons. The topological polar surface area (TPSA) is 59.0 Å². The van der Waals surface area contributed by atoms with Crippen LogP contribution in [0.2, 0.25) is 0 Å². The van der Waals surface area contributed by atoms with Gasteiger partial charge in [-0.1, -0.05) is 19.9 Å². The molecule has 2 aliphatic rings. The van der Waals surface area contributed by atoms with Crippen LogP contribution in [0, 0.1) is 11.8 Å². The van der Waals surface area contributed by atoms with E-state index in [1.807, 2.05) is 25.0 Å². The first kappa shape index (κ1) is 26.7. The standard InChI is InChI=1S/C13H17N3.C13H15N3.B.Na.H/c2*1-10-2-5-13(15-6-10)11-3-4-12-7-14-9-16(12)8-11;;;/h3-4,7-10,13,15H,2,5-6H2,1H3;3-4,7-10H,2,5-6H2,1H3;;;/q;;;+1;-1/t10-,13+;;;;/m1..../s1. The minimum atomic E-state index is 0. The third kappa shape index (κ3) is 6.19. The van der Waals surface area contributed by atoms with Crippen LogP contribution < -0.4 is 34.9 Å². The third-order valence-corrected chi connectivity index (χ3v) is 6.70. The van der Waals surface area contributed by atoms with Crippen molar-refractivity contribution in [3.8, 4) is 0 Å². The summed E-state index contributed by atoms with van der Waals surface area (Å²) in [7, 11) is 0. The molecule has 6 rings (SSSR count). The average molecular weight is 463 g/mol. The second-order valence-corrected chi connectivity index (χ2v) is 9.41. The average Bonchev–Trinajstić information content (AvgIpc) is 3.49. The maximum Gasteiger partial charge on any atom is 1.00 e. The normalized spacial score (nSPS) is 22.2. The van der Waals surface area contributed by atoms with Crippen LogP contribution in [0.3, 0.4) is 0 Å². The number of aliphatic imine (C=N–C) groups is 1. The van der Waals surface area contributed by atoms with Crippen molar-refractivity contribution in [2.45, 2.75) is 45.6 Å². The quantitative estimate of drug-likeness (QED) is 0.461. The number of fused-ring (bicyclic) bond motifs is 2. The van der Waals surface area contributed by atoms with Crippen molar-refractivity contribution in [1.29, 1.82) is 0 Å². The summed E-state index contributed by atoms with van der Waals surface area (Å²) >= 11 is 0. The molecule has 0 amide bonds. The van der Waals surface area contributed by atoms with Gasteiger partial charge in [0.15, 0.2) is 0 Å². The number of pyridine rings is 2. The first-order valence-electron chi connectivity index (χ1n) is 11.8. The molecule has 1 fully saturated rings. The molecule has 0 aliphatic carbocycles. The van der Waals surface area contributed by atoms with Crippen LogP contribution in [0.15, 0.2) is 66.7 Å². The molecule has 34 heavy (non-hydrogen) atoms. The van der Waals surface area contributed by atoms with Crippen molar-refractivity contribution in [2.24, 2.45) is 16.8 Å². The Morgan fingerprint density at radius 2 is 1.59 bits per heavy atom. The minimum absolute atomic E-state index is 0. The molecular weight excluding hydrogens is 430 g/mol. The number of piperidine rings is 1. The summed E-state index contributed by atoms with van der Waals surface area (Å²) in [5.41, 5.74) is 6.14. The maximum atomic E-state index is 4.65. The van der Waals surface area contributed by atoms with E-state index in [4.69, 9.17) is 0 Å². The van der Waals surface area contributed by atoms with Gasteiger partial charge in [0, 0.05) is 44.7 Å². The van der Waals surface area contributed by atoms with Gasteiger partial charge >= 0.3 is 29.6 Å². The monoisotopic (exact) mass is 463 g/mol. The Bertz CT molecular complexity index is 1230. The number of aromatic nitrogens is 4. The van der Waals surface area contributed by atoms with E-state index >= 15 is 0 Å². The van der Waals surface area contributed by atoms with Crippen LogP contribution in [-0.2, 0) is 0 Å². The predicted molar refractivity (Wildman–Crippen MR) is 136 cm³/mol. The third-order valence-electron chi connectivity index (χ3n) is 6.70. The molecule has 0 bridgehead atoms. The molecule has 4 aromatic heterocycles. The number of rotatable bonds is 2. The summed E-state index contributed by atoms with van der Waals surface area (Å²) in [6, 6.07) is 9.12. The number of hydrogen-bond donors (Lipinski definition) is 1. The summed E-state index contributed by atoms with van der Waals surface area (Å²) < 4.78 is 4.14. The molecule has 3 atom stereocenters. The van der Waals surface area contributed by atoms with Crippen LogP contribution in [0.5, 0.6) is 0 Å². The molecule has 2 aliphatic heterocycles. The van der Waals surface area contributed by atoms with Crippen molar-refractivity contribution >= 4 is 25.2 Å². The Labute approximate surface area is 227 Å². The van der Waals surface area contributed by atoms with Gasteiger partial charge in [-0.15, -0.1) is 0 Å². The zero-order valence-corrected chi connectivity index (χ0v) is 22.6. The maximum absolute atomic E-state index is 4.65. The van der Waals surface area contributed by atoms with Gasteiger partial charge in [-0.3, -0.25) is 4.99 Å². The van der Waals surface area contributed by atoms with Crippen LogP contribution in [-0.4, -0.2) is 46.0 Å². The Kier molecular flexibility index (Phi) is 9.54. The number of nitrogens with one attached hydrogen (secondary N) is 1. The summed E-state index contributed by atoms with van der Waals surface area (Å²) in [6.07, 6.45) is 16.7. The van der Waals surface area contributed by atoms with Gasteiger partial charge in [0.2, 0.25) is 0 Å². The molecule has 0 saturated carbocycles. The molecule has 6 heterocycles. The van der Waals surface area contributed by atoms with Crippen molar-refractivity contribution in [3.63, 3.8) is 0 Å². The van der Waals surface area contributed by atoms with E-state index in [1.54, 1.807) is 0 Å². The fraction of sp³-hybridized carbons (Fsp3) is 0.423. The van der Waals surface area contributed by atoms with Crippen LogP contribution in [0.25, 0.3) is 11.0 Å². The zero-order valence-electron chi connectivity index (χ0n) is 21.6. The fourth-order valence-corrected chi connectivity index (χ4v) is 4.57. The number of imidazole rings is 2. The first-order chi connectivity index (χ1) is 15.7. The number of nitrogens with zero attached hydrogens (tertiary/aromatic N) is 5. The molecule has 1 saturated heterocycles. The predicted octanol–water partition coefficient (Wildman–Crippen LogP) is 1.68. The van der Waals surface area contributed by atoms with Crippen LogP contribution in [0.4, 0.5) is 0 Å². The van der Waals surface area contributed by atoms with Crippen LogP contribution >= 0.6 is 0 Å². The van der Waals surface area contributed by atoms with Crippen LogP contribution in [0.1, 0.15) is 58.1 Å². The molecule has 4 aromatic rings. The largest absolute Gasteiger partial charge is 1.00 e. The molecule has 6 nitrogen and oxygen atoms in total. The van der Waals surface area contributed by atoms with Crippen molar-refractivity contribution in [1.82, 2.24) is 24.1 Å². The first-order valence-corrected chi connectivity index (χ1v) is 11.8. The molecule has 8 heteroatoms. The summed E-state index contributed by atoms with van der Waals surface area (Å²) in [4.78, 5) is 12.9. The minimum Gasteiger partial charge on any atom is -1.00 e. The van der Waals surface area contributed by atoms with Crippen molar-refractivity contribution in [3.05, 3.63) is 72.8 Å². The second kappa shape index (κ2) is 12.2. The Balaban J connectivity index is 0.000000227. The Hall–Kier alpha value is -1.93. The van der Waals surface area contributed by atoms with E-state index in [2.05, 4.69) is 79.6 Å². The van der Waals surface area contributed by atoms with E-state index in [0.29, 0.717) is 6.04 Å². The molecule has 1 N–H and O–H groups in total. The van der Waals surface area contributed by atoms with Gasteiger partial charge in [-0.05, 0) is 67.8 Å². The summed E-state index contributed by atoms with van der Waals surface area (Å²) in [5, 5.41) is 3.61. The number of hydrogen-bond acceptors (Lipinski definition) is 4. The summed E-state index contributed by atoms with van der Waals surface area (Å²) in [6.45, 7) is 6.67. The Morgan fingerprint density at radius 3 is 2.24 bits per heavy atom. The second-order valence-electron chi connectivity index (χ2n) is 9.41. The zero-order chi connectivity index (χ0) is 21.9. The summed E-state index contributed by atoms with van der Waals surface area (Å²) in [5.74, 6) is 1.55. The molecular formula is C26H33BN6Na. The fourth-order valence-electron chi connectivity index (χ4n) is 4.57. The van der Waals surface area contributed by atoms with E-state index in [-0.39, 0.29) is 39.4 Å². The van der Waals surface area contributed by atoms with Gasteiger partial charge in [0.05, 0.1) is 36.1 Å². The van der Waals surface area contributed by atoms with E-state index in [9.17, 15) is 0 Å². The smallest absolute Gasteiger partial charge is 1.00 e. The van der Waals surface area contributed by atoms with E-state index in [1.165, 1.54) is 36.1 Å². The molecule has 1 unspecified atom stereocenters. The van der Waals surface area contributed by atoms with Crippen molar-refractivity contribution < 1.29 is 31.0 Å². The Morgan fingerprint density at radius 1 is 0.882 bits per heavy atom. The van der Waals surface area contributed by atoms with Crippen molar-refractivity contribution in [2.75, 3.05) is 13.1 Å². The molecule has 171 valence electrons. The molecule has 0 spiro atoms. The SMILES string of the molecule is CC1CCC(c2ccc3cncn3c2)=NC1.C[C@@H]1CC[C@@H](c2ccc3cncn3c2)NC1.[B].[H-].[Na+]. The van der Waals surface area contributed by atoms with Gasteiger partial charge in [0.1, 0.15) is 0 Å². The van der Waals surface area contributed by atoms with Gasteiger partial charge in [-0.25, -0.2) is 9.97 Å².